The van der Waals surface area contributed by atoms with Crippen molar-refractivity contribution in [2.45, 2.75) is 75.5 Å². The van der Waals surface area contributed by atoms with Gasteiger partial charge in [0.25, 0.3) is 0 Å². The van der Waals surface area contributed by atoms with Crippen molar-refractivity contribution in [1.82, 2.24) is 15.1 Å². The maximum Gasteiger partial charge on any atom is 0.326 e. The zero-order valence-corrected chi connectivity index (χ0v) is 20.1. The summed E-state index contributed by atoms with van der Waals surface area (Å²) >= 11 is 0. The van der Waals surface area contributed by atoms with E-state index in [2.05, 4.69) is 5.32 Å². The summed E-state index contributed by atoms with van der Waals surface area (Å²) in [6, 6.07) is 6.20. The first-order valence-electron chi connectivity index (χ1n) is 12.5. The molecule has 2 aliphatic rings. The molecule has 2 heterocycles. The highest BCUT2D eigenvalue weighted by molar-refractivity contribution is 5.94. The third-order valence-electron chi connectivity index (χ3n) is 6.84. The minimum atomic E-state index is -1.02. The number of benzene rings is 1. The molecule has 3 rings (SSSR count). The molecule has 0 radical (unpaired) electrons. The summed E-state index contributed by atoms with van der Waals surface area (Å²) in [5, 5.41) is 12.3. The molecule has 2 aliphatic heterocycles. The zero-order chi connectivity index (χ0) is 25.4. The number of nitrogens with zero attached hydrogens (tertiary/aromatic N) is 2. The summed E-state index contributed by atoms with van der Waals surface area (Å²) in [6.07, 6.45) is 4.23. The van der Waals surface area contributed by atoms with Crippen molar-refractivity contribution in [1.29, 1.82) is 0 Å². The Morgan fingerprint density at radius 3 is 2.31 bits per heavy atom. The topological polar surface area (TPSA) is 159 Å². The van der Waals surface area contributed by atoms with Crippen molar-refractivity contribution in [3.8, 4) is 0 Å². The number of unbranched alkanes of at least 4 members (excludes halogenated alkanes) is 1. The van der Waals surface area contributed by atoms with E-state index >= 15 is 0 Å². The number of amides is 3. The van der Waals surface area contributed by atoms with Gasteiger partial charge in [0.15, 0.2) is 0 Å². The second-order valence-corrected chi connectivity index (χ2v) is 9.36. The van der Waals surface area contributed by atoms with Crippen LogP contribution in [-0.2, 0) is 25.6 Å². The van der Waals surface area contributed by atoms with Gasteiger partial charge in [-0.3, -0.25) is 14.4 Å². The highest BCUT2D eigenvalue weighted by atomic mass is 16.4. The molecule has 1 aromatic rings. The van der Waals surface area contributed by atoms with E-state index in [-0.39, 0.29) is 11.8 Å². The minimum Gasteiger partial charge on any atom is -0.480 e. The molecule has 0 bridgehead atoms. The van der Waals surface area contributed by atoms with Crippen LogP contribution in [0.4, 0.5) is 0 Å². The summed E-state index contributed by atoms with van der Waals surface area (Å²) in [6.45, 7) is 1.23. The van der Waals surface area contributed by atoms with Crippen LogP contribution in [0, 0.1) is 0 Å². The molecule has 0 saturated carbocycles. The fourth-order valence-electron chi connectivity index (χ4n) is 4.96. The number of likely N-dealkylation sites (tertiary alicyclic amines) is 2. The molecule has 0 aromatic heterocycles. The SMILES string of the molecule is NCCCCC(NC(=O)C(N)Cc1ccccc1)C(=O)N1CCCC1C(=O)N1CCCC1C(=O)O. The molecule has 2 fully saturated rings. The van der Waals surface area contributed by atoms with Gasteiger partial charge in [-0.25, -0.2) is 4.79 Å². The third-order valence-corrected chi connectivity index (χ3v) is 6.84. The van der Waals surface area contributed by atoms with Crippen LogP contribution in [0.1, 0.15) is 50.5 Å². The molecule has 10 nitrogen and oxygen atoms in total. The molecule has 0 spiro atoms. The van der Waals surface area contributed by atoms with Crippen LogP contribution in [0.15, 0.2) is 30.3 Å². The van der Waals surface area contributed by atoms with E-state index in [4.69, 9.17) is 11.5 Å². The average molecular weight is 488 g/mol. The van der Waals surface area contributed by atoms with Gasteiger partial charge in [0, 0.05) is 13.1 Å². The second-order valence-electron chi connectivity index (χ2n) is 9.36. The Hall–Kier alpha value is -2.98. The van der Waals surface area contributed by atoms with Gasteiger partial charge < -0.3 is 31.7 Å². The van der Waals surface area contributed by atoms with Crippen molar-refractivity contribution < 1.29 is 24.3 Å². The van der Waals surface area contributed by atoms with Crippen molar-refractivity contribution in [3.63, 3.8) is 0 Å². The van der Waals surface area contributed by atoms with Crippen molar-refractivity contribution in [2.24, 2.45) is 11.5 Å². The Balaban J connectivity index is 1.69. The highest BCUT2D eigenvalue weighted by Crippen LogP contribution is 2.26. The number of aliphatic carboxylic acids is 1. The van der Waals surface area contributed by atoms with Gasteiger partial charge >= 0.3 is 5.97 Å². The van der Waals surface area contributed by atoms with E-state index < -0.39 is 36.0 Å². The van der Waals surface area contributed by atoms with E-state index in [1.807, 2.05) is 30.3 Å². The maximum atomic E-state index is 13.6. The molecule has 192 valence electrons. The largest absolute Gasteiger partial charge is 0.480 e. The van der Waals surface area contributed by atoms with Gasteiger partial charge in [-0.05, 0) is 63.5 Å². The van der Waals surface area contributed by atoms with Gasteiger partial charge in [0.05, 0.1) is 6.04 Å². The molecule has 4 unspecified atom stereocenters. The van der Waals surface area contributed by atoms with Crippen molar-refractivity contribution in [3.05, 3.63) is 35.9 Å². The van der Waals surface area contributed by atoms with Gasteiger partial charge in [-0.1, -0.05) is 30.3 Å². The molecule has 3 amide bonds. The van der Waals surface area contributed by atoms with Crippen LogP contribution in [0.25, 0.3) is 0 Å². The number of hydrogen-bond donors (Lipinski definition) is 4. The second kappa shape index (κ2) is 12.6. The average Bonchev–Trinajstić information content (AvgIpc) is 3.53. The zero-order valence-electron chi connectivity index (χ0n) is 20.1. The Kier molecular flexibility index (Phi) is 9.62. The van der Waals surface area contributed by atoms with Crippen LogP contribution in [0.2, 0.25) is 0 Å². The summed E-state index contributed by atoms with van der Waals surface area (Å²) in [7, 11) is 0. The molecule has 0 aliphatic carbocycles. The van der Waals surface area contributed by atoms with Crippen LogP contribution in [0.5, 0.6) is 0 Å². The summed E-state index contributed by atoms with van der Waals surface area (Å²) in [4.78, 5) is 54.1. The van der Waals surface area contributed by atoms with E-state index in [1.165, 1.54) is 9.80 Å². The number of nitrogens with one attached hydrogen (secondary N) is 1. The van der Waals surface area contributed by atoms with E-state index in [1.54, 1.807) is 0 Å². The fraction of sp³-hybridized carbons (Fsp3) is 0.600. The van der Waals surface area contributed by atoms with E-state index in [0.29, 0.717) is 71.0 Å². The normalized spacial score (nSPS) is 21.5. The Morgan fingerprint density at radius 1 is 1.00 bits per heavy atom. The minimum absolute atomic E-state index is 0.325. The third kappa shape index (κ3) is 6.79. The smallest absolute Gasteiger partial charge is 0.326 e. The number of carboxylic acids is 1. The maximum absolute atomic E-state index is 13.6. The van der Waals surface area contributed by atoms with Crippen LogP contribution in [-0.4, -0.2) is 82.4 Å². The van der Waals surface area contributed by atoms with Crippen LogP contribution < -0.4 is 16.8 Å². The lowest BCUT2D eigenvalue weighted by Gasteiger charge is -2.32. The highest BCUT2D eigenvalue weighted by Gasteiger charge is 2.43. The number of nitrogens with two attached hydrogens (primary N) is 2. The number of carbonyl (C=O) groups excluding carboxylic acids is 3. The van der Waals surface area contributed by atoms with Gasteiger partial charge in [-0.15, -0.1) is 0 Å². The predicted octanol–water partition coefficient (Wildman–Crippen LogP) is 0.237. The first kappa shape index (κ1) is 26.6. The summed E-state index contributed by atoms with van der Waals surface area (Å²) in [5.74, 6) is -2.10. The fourth-order valence-corrected chi connectivity index (χ4v) is 4.96. The van der Waals surface area contributed by atoms with Crippen molar-refractivity contribution >= 4 is 23.7 Å². The Morgan fingerprint density at radius 2 is 1.66 bits per heavy atom. The van der Waals surface area contributed by atoms with E-state index in [0.717, 1.165) is 5.56 Å². The summed E-state index contributed by atoms with van der Waals surface area (Å²) < 4.78 is 0. The molecule has 4 atom stereocenters. The molecule has 6 N–H and O–H groups in total. The first-order chi connectivity index (χ1) is 16.8. The molecular weight excluding hydrogens is 450 g/mol. The van der Waals surface area contributed by atoms with Crippen molar-refractivity contribution in [2.75, 3.05) is 19.6 Å². The molecule has 10 heteroatoms. The standard InChI is InChI=1S/C25H37N5O5/c26-13-5-4-10-19(28-22(31)18(27)16-17-8-2-1-3-9-17)23(32)29-14-6-11-20(29)24(33)30-15-7-12-21(30)25(34)35/h1-3,8-9,18-21H,4-7,10-16,26-27H2,(H,28,31)(H,34,35). The number of rotatable bonds is 11. The molecular formula is C25H37N5O5. The van der Waals surface area contributed by atoms with Gasteiger partial charge in [-0.2, -0.15) is 0 Å². The molecule has 35 heavy (non-hydrogen) atoms. The lowest BCUT2D eigenvalue weighted by atomic mass is 10.0. The van der Waals surface area contributed by atoms with Gasteiger partial charge in [0.1, 0.15) is 18.1 Å². The number of carboxylic acid groups (broad SMARTS) is 1. The lowest BCUT2D eigenvalue weighted by Crippen LogP contribution is -2.57. The Bertz CT molecular complexity index is 895. The first-order valence-corrected chi connectivity index (χ1v) is 12.5. The molecule has 2 saturated heterocycles. The Labute approximate surface area is 206 Å². The molecule has 1 aromatic carbocycles. The van der Waals surface area contributed by atoms with Gasteiger partial charge in [0.2, 0.25) is 17.7 Å². The van der Waals surface area contributed by atoms with Crippen LogP contribution in [0.3, 0.4) is 0 Å². The van der Waals surface area contributed by atoms with Crippen LogP contribution >= 0.6 is 0 Å². The quantitative estimate of drug-likeness (QED) is 0.325. The summed E-state index contributed by atoms with van der Waals surface area (Å²) in [5.41, 5.74) is 12.7. The van der Waals surface area contributed by atoms with E-state index in [9.17, 15) is 24.3 Å². The number of hydrogen-bond acceptors (Lipinski definition) is 6. The monoisotopic (exact) mass is 487 g/mol. The predicted molar refractivity (Wildman–Crippen MR) is 130 cm³/mol. The number of carbonyl (C=O) groups is 4. The lowest BCUT2D eigenvalue weighted by molar-refractivity contribution is -0.152.